The molecule has 5 heteroatoms. The van der Waals surface area contributed by atoms with Gasteiger partial charge < -0.3 is 0 Å². The van der Waals surface area contributed by atoms with Gasteiger partial charge in [0.15, 0.2) is 0 Å². The molecule has 0 aliphatic heterocycles. The molecule has 0 aliphatic rings. The van der Waals surface area contributed by atoms with Crippen LogP contribution in [-0.2, 0) is 16.4 Å². The molecule has 0 aromatic heterocycles. The van der Waals surface area contributed by atoms with Gasteiger partial charge in [0.2, 0.25) is 0 Å². The average molecular weight is 314 g/mol. The van der Waals surface area contributed by atoms with Crippen LogP contribution in [-0.4, -0.2) is 8.42 Å². The van der Waals surface area contributed by atoms with Crippen LogP contribution in [0.4, 0.5) is 0 Å². The Kier molecular flexibility index (Phi) is 5.22. The number of benzene rings is 2. The molecule has 0 saturated heterocycles. The second-order valence-electron chi connectivity index (χ2n) is 5.12. The van der Waals surface area contributed by atoms with Crippen LogP contribution >= 0.6 is 0 Å². The minimum Gasteiger partial charge on any atom is -0.198 e. The Morgan fingerprint density at radius 1 is 1.05 bits per heavy atom. The summed E-state index contributed by atoms with van der Waals surface area (Å²) < 4.78 is 27.4. The molecule has 114 valence electrons. The Hall–Kier alpha value is -2.27. The summed E-state index contributed by atoms with van der Waals surface area (Å²) in [6, 6.07) is 16.4. The molecule has 0 heterocycles. The minimum absolute atomic E-state index is 0.149. The molecule has 0 saturated carbocycles. The molecular weight excluding hydrogens is 296 g/mol. The van der Waals surface area contributed by atoms with E-state index in [0.29, 0.717) is 6.42 Å². The van der Waals surface area contributed by atoms with Crippen molar-refractivity contribution < 1.29 is 8.42 Å². The Labute approximate surface area is 131 Å². The predicted molar refractivity (Wildman–Crippen MR) is 87.1 cm³/mol. The normalized spacial score (nSPS) is 12.7. The first kappa shape index (κ1) is 16.1. The summed E-state index contributed by atoms with van der Waals surface area (Å²) >= 11 is 0. The molecule has 0 amide bonds. The first-order chi connectivity index (χ1) is 10.5. The fourth-order valence-electron chi connectivity index (χ4n) is 1.91. The highest BCUT2D eigenvalue weighted by atomic mass is 32.2. The third kappa shape index (κ3) is 4.63. The molecule has 4 nitrogen and oxygen atoms in total. The third-order valence-corrected chi connectivity index (χ3v) is 4.25. The van der Waals surface area contributed by atoms with E-state index in [-0.39, 0.29) is 4.90 Å². The number of sulfonamides is 1. The van der Waals surface area contributed by atoms with E-state index in [1.54, 1.807) is 12.1 Å². The van der Waals surface area contributed by atoms with Gasteiger partial charge in [0.05, 0.1) is 4.90 Å². The Morgan fingerprint density at radius 2 is 1.68 bits per heavy atom. The molecule has 2 aromatic rings. The molecule has 0 fully saturated rings. The molecule has 0 atom stereocenters. The molecule has 2 aromatic carbocycles. The maximum Gasteiger partial charge on any atom is 0.299 e. The van der Waals surface area contributed by atoms with Gasteiger partial charge in [-0.15, -0.1) is 5.11 Å². The van der Waals surface area contributed by atoms with E-state index < -0.39 is 10.0 Å². The van der Waals surface area contributed by atoms with Crippen molar-refractivity contribution in [2.24, 2.45) is 9.63 Å². The topological polar surface area (TPSA) is 58.9 Å². The lowest BCUT2D eigenvalue weighted by atomic mass is 10.1. The molecular formula is C17H18N2O2S. The van der Waals surface area contributed by atoms with E-state index in [9.17, 15) is 8.42 Å². The van der Waals surface area contributed by atoms with E-state index >= 15 is 0 Å². The Bertz CT molecular complexity index is 777. The molecule has 0 radical (unpaired) electrons. The molecule has 0 N–H and O–H groups in total. The van der Waals surface area contributed by atoms with Crippen molar-refractivity contribution in [2.75, 3.05) is 0 Å². The molecule has 0 bridgehead atoms. The van der Waals surface area contributed by atoms with Crippen molar-refractivity contribution >= 4 is 10.0 Å². The van der Waals surface area contributed by atoms with Crippen molar-refractivity contribution in [1.29, 1.82) is 0 Å². The van der Waals surface area contributed by atoms with Crippen molar-refractivity contribution in [1.82, 2.24) is 0 Å². The van der Waals surface area contributed by atoms with Crippen LogP contribution < -0.4 is 0 Å². The van der Waals surface area contributed by atoms with Gasteiger partial charge in [0.25, 0.3) is 10.0 Å². The lowest BCUT2D eigenvalue weighted by Crippen LogP contribution is -1.95. The third-order valence-electron chi connectivity index (χ3n) is 3.08. The highest BCUT2D eigenvalue weighted by Crippen LogP contribution is 2.14. The zero-order valence-corrected chi connectivity index (χ0v) is 13.4. The van der Waals surface area contributed by atoms with Gasteiger partial charge in [0, 0.05) is 6.20 Å². The zero-order valence-electron chi connectivity index (χ0n) is 12.6. The summed E-state index contributed by atoms with van der Waals surface area (Å²) in [6.45, 7) is 3.79. The van der Waals surface area contributed by atoms with Gasteiger partial charge in [-0.3, -0.25) is 0 Å². The molecule has 0 spiro atoms. The van der Waals surface area contributed by atoms with Crippen molar-refractivity contribution in [2.45, 2.75) is 25.2 Å². The monoisotopic (exact) mass is 314 g/mol. The summed E-state index contributed by atoms with van der Waals surface area (Å²) in [5, 5.41) is 3.71. The Balaban J connectivity index is 2.07. The van der Waals surface area contributed by atoms with Gasteiger partial charge in [-0.1, -0.05) is 52.5 Å². The van der Waals surface area contributed by atoms with Gasteiger partial charge in [0.1, 0.15) is 0 Å². The van der Waals surface area contributed by atoms with Crippen LogP contribution in [0.3, 0.4) is 0 Å². The van der Waals surface area contributed by atoms with Crippen molar-refractivity contribution in [3.05, 3.63) is 77.5 Å². The average Bonchev–Trinajstić information content (AvgIpc) is 2.48. The highest BCUT2D eigenvalue weighted by Gasteiger charge is 2.11. The molecule has 2 rings (SSSR count). The van der Waals surface area contributed by atoms with Crippen LogP contribution in [0.5, 0.6) is 0 Å². The number of rotatable bonds is 5. The van der Waals surface area contributed by atoms with Crippen LogP contribution in [0.25, 0.3) is 0 Å². The predicted octanol–water partition coefficient (Wildman–Crippen LogP) is 4.28. The van der Waals surface area contributed by atoms with Gasteiger partial charge in [-0.25, -0.2) is 0 Å². The second-order valence-corrected chi connectivity index (χ2v) is 6.71. The number of hydrogen-bond donors (Lipinski definition) is 0. The fraction of sp³-hybridized carbons (Fsp3) is 0.176. The number of nitrogens with zero attached hydrogens (tertiary/aromatic N) is 2. The maximum absolute atomic E-state index is 12.0. The standard InChI is InChI=1S/C17H18N2O2S/c1-14-8-10-17(11-9-14)22(20,21)19-18-13-15(2)12-16-6-4-3-5-7-16/h3-11,13H,12H2,1-2H3. The quantitative estimate of drug-likeness (QED) is 0.773. The summed E-state index contributed by atoms with van der Waals surface area (Å²) in [6.07, 6.45) is 2.20. The molecule has 22 heavy (non-hydrogen) atoms. The summed E-state index contributed by atoms with van der Waals surface area (Å²) in [7, 11) is -3.73. The van der Waals surface area contributed by atoms with Crippen LogP contribution in [0.1, 0.15) is 18.1 Å². The summed E-state index contributed by atoms with van der Waals surface area (Å²) in [4.78, 5) is 0.149. The van der Waals surface area contributed by atoms with Crippen LogP contribution in [0, 0.1) is 6.92 Å². The highest BCUT2D eigenvalue weighted by molar-refractivity contribution is 7.90. The second kappa shape index (κ2) is 7.13. The lowest BCUT2D eigenvalue weighted by molar-refractivity contribution is 0.595. The van der Waals surface area contributed by atoms with Crippen LogP contribution in [0.2, 0.25) is 0 Å². The van der Waals surface area contributed by atoms with E-state index in [0.717, 1.165) is 16.7 Å². The van der Waals surface area contributed by atoms with Crippen molar-refractivity contribution in [3.8, 4) is 0 Å². The number of aryl methyl sites for hydroxylation is 1. The first-order valence-corrected chi connectivity index (χ1v) is 8.35. The molecule has 0 aliphatic carbocycles. The van der Waals surface area contributed by atoms with Gasteiger partial charge >= 0.3 is 0 Å². The maximum atomic E-state index is 12.0. The van der Waals surface area contributed by atoms with Crippen molar-refractivity contribution in [3.63, 3.8) is 0 Å². The smallest absolute Gasteiger partial charge is 0.198 e. The van der Waals surface area contributed by atoms with E-state index in [1.807, 2.05) is 44.2 Å². The van der Waals surface area contributed by atoms with E-state index in [1.165, 1.54) is 18.3 Å². The number of allylic oxidation sites excluding steroid dienone is 1. The fourth-order valence-corrected chi connectivity index (χ4v) is 2.65. The first-order valence-electron chi connectivity index (χ1n) is 6.91. The molecule has 0 unspecified atom stereocenters. The van der Waals surface area contributed by atoms with Crippen LogP contribution in [0.15, 0.2) is 80.9 Å². The van der Waals surface area contributed by atoms with E-state index in [4.69, 9.17) is 0 Å². The Morgan fingerprint density at radius 3 is 2.32 bits per heavy atom. The number of hydrogen-bond acceptors (Lipinski definition) is 3. The lowest BCUT2D eigenvalue weighted by Gasteiger charge is -2.00. The van der Waals surface area contributed by atoms with Gasteiger partial charge in [-0.2, -0.15) is 8.42 Å². The summed E-state index contributed by atoms with van der Waals surface area (Å²) in [5.41, 5.74) is 3.08. The minimum atomic E-state index is -3.73. The van der Waals surface area contributed by atoms with E-state index in [2.05, 4.69) is 9.63 Å². The largest absolute Gasteiger partial charge is 0.299 e. The van der Waals surface area contributed by atoms with Gasteiger partial charge in [-0.05, 0) is 43.5 Å². The summed E-state index contributed by atoms with van der Waals surface area (Å²) in [5.74, 6) is 0. The SMILES string of the molecule is CC(=CN=NS(=O)(=O)c1ccc(C)cc1)Cc1ccccc1. The zero-order chi connectivity index (χ0) is 16.0.